The van der Waals surface area contributed by atoms with E-state index in [-0.39, 0.29) is 48.5 Å². The first-order chi connectivity index (χ1) is 23.3. The number of halogens is 4. The van der Waals surface area contributed by atoms with Crippen molar-refractivity contribution in [1.29, 1.82) is 0 Å². The average molecular weight is 683 g/mol. The van der Waals surface area contributed by atoms with Crippen LogP contribution in [0.15, 0.2) is 60.7 Å². The van der Waals surface area contributed by atoms with Crippen molar-refractivity contribution in [3.05, 3.63) is 83.3 Å². The summed E-state index contributed by atoms with van der Waals surface area (Å²) in [5.74, 6) is -2.51. The molecule has 0 spiro atoms. The number of ether oxygens (including phenoxy) is 1. The van der Waals surface area contributed by atoms with Crippen molar-refractivity contribution in [2.45, 2.75) is 45.1 Å². The number of carbonyl (C=O) groups is 3. The fraction of sp³-hybridized carbons (Fsp3) is 0.429. The largest absolute Gasteiger partial charge is 0.445 e. The lowest BCUT2D eigenvalue weighted by Gasteiger charge is -2.42. The third-order valence-electron chi connectivity index (χ3n) is 9.51. The molecule has 260 valence electrons. The Balaban J connectivity index is 1.21. The molecule has 3 atom stereocenters. The monoisotopic (exact) mass is 682 g/mol. The van der Waals surface area contributed by atoms with Gasteiger partial charge in [0.2, 0.25) is 11.8 Å². The number of hydrogen-bond donors (Lipinski definition) is 0. The van der Waals surface area contributed by atoms with Gasteiger partial charge in [-0.3, -0.25) is 19.4 Å². The van der Waals surface area contributed by atoms with Crippen molar-refractivity contribution in [2.75, 3.05) is 61.0 Å². The minimum Gasteiger partial charge on any atom is -0.445 e. The Morgan fingerprint density at radius 1 is 1.02 bits per heavy atom. The predicted molar refractivity (Wildman–Crippen MR) is 175 cm³/mol. The quantitative estimate of drug-likeness (QED) is 0.335. The number of aryl methyl sites for hydroxylation is 1. The van der Waals surface area contributed by atoms with Crippen LogP contribution in [0.3, 0.4) is 0 Å². The van der Waals surface area contributed by atoms with E-state index in [1.165, 1.54) is 31.0 Å². The number of benzene rings is 2. The third kappa shape index (κ3) is 7.05. The summed E-state index contributed by atoms with van der Waals surface area (Å²) in [6.07, 6.45) is -5.20. The second kappa shape index (κ2) is 13.7. The van der Waals surface area contributed by atoms with Crippen molar-refractivity contribution in [2.24, 2.45) is 5.92 Å². The highest BCUT2D eigenvalue weighted by Gasteiger charge is 2.49. The number of para-hydroxylation sites is 1. The highest BCUT2D eigenvalue weighted by molar-refractivity contribution is 6.10. The second-order valence-electron chi connectivity index (χ2n) is 12.8. The summed E-state index contributed by atoms with van der Waals surface area (Å²) in [5, 5.41) is 0. The molecule has 2 aromatic carbocycles. The maximum absolute atomic E-state index is 15.7. The molecule has 3 aromatic rings. The number of piperazine rings is 1. The molecule has 2 saturated heterocycles. The fourth-order valence-electron chi connectivity index (χ4n) is 7.02. The molecule has 0 bridgehead atoms. The van der Waals surface area contributed by atoms with Gasteiger partial charge in [0.25, 0.3) is 0 Å². The van der Waals surface area contributed by atoms with Gasteiger partial charge < -0.3 is 19.4 Å². The van der Waals surface area contributed by atoms with Crippen LogP contribution in [0.1, 0.15) is 30.2 Å². The molecule has 6 rings (SSSR count). The number of carbonyl (C=O) groups excluding carboxylic acids is 3. The number of hydrogen-bond acceptors (Lipinski definition) is 7. The van der Waals surface area contributed by atoms with Crippen LogP contribution in [-0.4, -0.2) is 91.1 Å². The molecule has 0 N–H and O–H groups in total. The number of alkyl halides is 3. The summed E-state index contributed by atoms with van der Waals surface area (Å²) in [6.45, 7) is 6.00. The van der Waals surface area contributed by atoms with Crippen molar-refractivity contribution in [3.8, 4) is 0 Å². The van der Waals surface area contributed by atoms with Crippen molar-refractivity contribution < 1.29 is 36.7 Å². The lowest BCUT2D eigenvalue weighted by Crippen LogP contribution is -2.56. The molecule has 4 heterocycles. The topological polar surface area (TPSA) is 89.5 Å². The van der Waals surface area contributed by atoms with Gasteiger partial charge in [-0.05, 0) is 43.7 Å². The Hall–Kier alpha value is -4.72. The van der Waals surface area contributed by atoms with E-state index in [0.29, 0.717) is 32.7 Å². The Kier molecular flexibility index (Phi) is 9.52. The number of nitrogens with zero attached hydrogens (tertiary/aromatic N) is 6. The van der Waals surface area contributed by atoms with Crippen LogP contribution >= 0.6 is 0 Å². The summed E-state index contributed by atoms with van der Waals surface area (Å²) in [4.78, 5) is 52.5. The van der Waals surface area contributed by atoms with Gasteiger partial charge in [-0.25, -0.2) is 14.2 Å². The van der Waals surface area contributed by atoms with Crippen LogP contribution in [0.4, 0.5) is 39.5 Å². The van der Waals surface area contributed by atoms with Gasteiger partial charge in [-0.15, -0.1) is 0 Å². The van der Waals surface area contributed by atoms with Crippen LogP contribution in [0.25, 0.3) is 0 Å². The molecule has 14 heteroatoms. The molecular formula is C35H38F4N6O4. The SMILES string of the molecule is Cc1cc(C(F)(F)F)cc(N2C(=O)C[C@@H]3CN(CC(C)N4CCN(C(=O)OCc5ccccc5)CC4)c4c(F)cccc4N(C)C(=O)[C@H]32)n1. The van der Waals surface area contributed by atoms with Gasteiger partial charge in [-0.2, -0.15) is 13.2 Å². The molecule has 3 aliphatic heterocycles. The van der Waals surface area contributed by atoms with Crippen LogP contribution in [0.2, 0.25) is 0 Å². The number of aromatic nitrogens is 1. The summed E-state index contributed by atoms with van der Waals surface area (Å²) < 4.78 is 62.4. The van der Waals surface area contributed by atoms with Crippen LogP contribution < -0.4 is 14.7 Å². The Labute approximate surface area is 281 Å². The fourth-order valence-corrected chi connectivity index (χ4v) is 7.02. The van der Waals surface area contributed by atoms with E-state index >= 15 is 4.39 Å². The van der Waals surface area contributed by atoms with Gasteiger partial charge in [0.1, 0.15) is 24.3 Å². The average Bonchev–Trinajstić information content (AvgIpc) is 3.40. The van der Waals surface area contributed by atoms with E-state index in [1.54, 1.807) is 11.0 Å². The first kappa shape index (κ1) is 34.2. The number of likely N-dealkylation sites (N-methyl/N-ethyl adjacent to an activating group) is 1. The van der Waals surface area contributed by atoms with Crippen LogP contribution in [0, 0.1) is 18.7 Å². The third-order valence-corrected chi connectivity index (χ3v) is 9.51. The Bertz CT molecular complexity index is 1720. The molecule has 1 unspecified atom stereocenters. The number of fused-ring (bicyclic) bond motifs is 2. The van der Waals surface area contributed by atoms with Crippen molar-refractivity contribution in [3.63, 3.8) is 0 Å². The lowest BCUT2D eigenvalue weighted by molar-refractivity contribution is -0.137. The van der Waals surface area contributed by atoms with E-state index in [1.807, 2.05) is 42.2 Å². The van der Waals surface area contributed by atoms with Crippen molar-refractivity contribution >= 4 is 35.1 Å². The molecule has 10 nitrogen and oxygen atoms in total. The molecule has 3 aliphatic rings. The maximum Gasteiger partial charge on any atom is 0.416 e. The summed E-state index contributed by atoms with van der Waals surface area (Å²) in [7, 11) is 1.48. The normalized spacial score (nSPS) is 20.9. The molecule has 2 fully saturated rings. The Morgan fingerprint density at radius 3 is 2.43 bits per heavy atom. The second-order valence-corrected chi connectivity index (χ2v) is 12.8. The predicted octanol–water partition coefficient (Wildman–Crippen LogP) is 5.10. The van der Waals surface area contributed by atoms with Gasteiger partial charge in [0, 0.05) is 70.4 Å². The van der Waals surface area contributed by atoms with Gasteiger partial charge >= 0.3 is 12.3 Å². The minimum absolute atomic E-state index is 0.0557. The Morgan fingerprint density at radius 2 is 1.73 bits per heavy atom. The van der Waals surface area contributed by atoms with E-state index < -0.39 is 47.4 Å². The summed E-state index contributed by atoms with van der Waals surface area (Å²) >= 11 is 0. The van der Waals surface area contributed by atoms with Crippen LogP contribution in [0.5, 0.6) is 0 Å². The van der Waals surface area contributed by atoms with E-state index in [9.17, 15) is 27.6 Å². The zero-order valence-electron chi connectivity index (χ0n) is 27.5. The lowest BCUT2D eigenvalue weighted by atomic mass is 9.95. The van der Waals surface area contributed by atoms with Gasteiger partial charge in [0.05, 0.1) is 16.9 Å². The zero-order chi connectivity index (χ0) is 35.0. The number of pyridine rings is 1. The first-order valence-corrected chi connectivity index (χ1v) is 16.2. The molecule has 0 saturated carbocycles. The summed E-state index contributed by atoms with van der Waals surface area (Å²) in [5.41, 5.74) is 0.483. The standard InChI is InChI=1S/C35H38F4N6O4/c1-22-16-26(35(37,38)39)18-29(40-22)45-30(46)17-25-20-44(32-27(36)10-7-11-28(32)41(3)33(47)31(25)45)19-23(2)42-12-14-43(15-13-42)34(48)49-21-24-8-5-4-6-9-24/h4-11,16,18,23,25,31H,12-15,17,19-21H2,1-3H3/t23?,25-,31+/m1/s1. The first-order valence-electron chi connectivity index (χ1n) is 16.2. The maximum atomic E-state index is 15.7. The molecule has 0 aliphatic carbocycles. The highest BCUT2D eigenvalue weighted by Crippen LogP contribution is 2.41. The highest BCUT2D eigenvalue weighted by atomic mass is 19.4. The van der Waals surface area contributed by atoms with E-state index in [0.717, 1.165) is 22.6 Å². The number of anilines is 3. The molecule has 0 radical (unpaired) electrons. The van der Waals surface area contributed by atoms with Crippen LogP contribution in [-0.2, 0) is 27.1 Å². The minimum atomic E-state index is -4.68. The number of rotatable bonds is 6. The smallest absolute Gasteiger partial charge is 0.416 e. The zero-order valence-corrected chi connectivity index (χ0v) is 27.5. The van der Waals surface area contributed by atoms with Crippen molar-refractivity contribution in [1.82, 2.24) is 14.8 Å². The van der Waals surface area contributed by atoms with Gasteiger partial charge in [0.15, 0.2) is 0 Å². The molecular weight excluding hydrogens is 644 g/mol. The van der Waals surface area contributed by atoms with Gasteiger partial charge in [-0.1, -0.05) is 36.4 Å². The van der Waals surface area contributed by atoms with E-state index in [4.69, 9.17) is 4.74 Å². The number of amides is 3. The molecule has 3 amide bonds. The molecule has 1 aromatic heterocycles. The molecule has 49 heavy (non-hydrogen) atoms. The summed E-state index contributed by atoms with van der Waals surface area (Å²) in [6, 6.07) is 14.3. The van der Waals surface area contributed by atoms with E-state index in [2.05, 4.69) is 9.88 Å².